The Balaban J connectivity index is 1.60. The van der Waals surface area contributed by atoms with Crippen molar-refractivity contribution in [3.63, 3.8) is 0 Å². The van der Waals surface area contributed by atoms with E-state index in [0.29, 0.717) is 33.6 Å². The van der Waals surface area contributed by atoms with E-state index in [-0.39, 0.29) is 5.57 Å². The van der Waals surface area contributed by atoms with E-state index in [4.69, 9.17) is 4.74 Å². The minimum Gasteiger partial charge on any atom is -0.503 e. The van der Waals surface area contributed by atoms with E-state index in [2.05, 4.69) is 11.9 Å². The Hall–Kier alpha value is -4.23. The summed E-state index contributed by atoms with van der Waals surface area (Å²) in [4.78, 5) is 34.2. The number of thiazole rings is 1. The van der Waals surface area contributed by atoms with Crippen molar-refractivity contribution in [2.45, 2.75) is 39.7 Å². The lowest BCUT2D eigenvalue weighted by Gasteiger charge is -2.27. The molecule has 4 aromatic rings. The zero-order chi connectivity index (χ0) is 27.5. The second kappa shape index (κ2) is 11.3. The van der Waals surface area contributed by atoms with E-state index in [9.17, 15) is 14.7 Å². The number of rotatable bonds is 9. The van der Waals surface area contributed by atoms with Crippen LogP contribution in [0.4, 0.5) is 5.69 Å². The predicted octanol–water partition coefficient (Wildman–Crippen LogP) is 7.25. The van der Waals surface area contributed by atoms with Crippen LogP contribution in [0.1, 0.15) is 52.8 Å². The SMILES string of the molecule is CCCOc1cccc(N2C(=O)C(O)=C(C(=O)c3sc(-c4ccccc4)nc3C)C2c2ccc(CC)cc2)c1. The number of hydrogen-bond acceptors (Lipinski definition) is 6. The topological polar surface area (TPSA) is 79.7 Å². The number of carbonyl (C=O) groups excluding carboxylic acids is 2. The van der Waals surface area contributed by atoms with Crippen molar-refractivity contribution in [1.82, 2.24) is 4.98 Å². The lowest BCUT2D eigenvalue weighted by atomic mass is 9.94. The fourth-order valence-corrected chi connectivity index (χ4v) is 5.76. The molecule has 0 aliphatic carbocycles. The Morgan fingerprint density at radius 3 is 2.46 bits per heavy atom. The zero-order valence-electron chi connectivity index (χ0n) is 22.2. The number of carbonyl (C=O) groups is 2. The molecule has 198 valence electrons. The number of aliphatic hydroxyl groups excluding tert-OH is 1. The van der Waals surface area contributed by atoms with Gasteiger partial charge < -0.3 is 9.84 Å². The summed E-state index contributed by atoms with van der Waals surface area (Å²) in [6.45, 7) is 6.41. The lowest BCUT2D eigenvalue weighted by Crippen LogP contribution is -2.31. The van der Waals surface area contributed by atoms with Crippen LogP contribution >= 0.6 is 11.3 Å². The van der Waals surface area contributed by atoms with E-state index >= 15 is 0 Å². The molecule has 0 spiro atoms. The standard InChI is InChI=1S/C32H30N2O4S/c1-4-18-38-25-13-9-12-24(19-25)34-27(22-16-14-21(5-2)15-17-22)26(29(36)32(34)37)28(35)30-20(3)33-31(39-30)23-10-7-6-8-11-23/h6-17,19,27,36H,4-5,18H2,1-3H3. The van der Waals surface area contributed by atoms with E-state index in [0.717, 1.165) is 29.5 Å². The van der Waals surface area contributed by atoms with Gasteiger partial charge in [0.15, 0.2) is 5.76 Å². The molecular formula is C32H30N2O4S. The molecule has 1 aliphatic heterocycles. The molecule has 0 bridgehead atoms. The maximum Gasteiger partial charge on any atom is 0.294 e. The van der Waals surface area contributed by atoms with Crippen LogP contribution in [-0.2, 0) is 11.2 Å². The van der Waals surface area contributed by atoms with Crippen LogP contribution in [0.25, 0.3) is 10.6 Å². The molecule has 7 heteroatoms. The number of aromatic nitrogens is 1. The van der Waals surface area contributed by atoms with Gasteiger partial charge in [-0.2, -0.15) is 0 Å². The first kappa shape index (κ1) is 26.4. The summed E-state index contributed by atoms with van der Waals surface area (Å²) in [7, 11) is 0. The van der Waals surface area contributed by atoms with Gasteiger partial charge in [0, 0.05) is 17.3 Å². The Morgan fingerprint density at radius 2 is 1.77 bits per heavy atom. The molecule has 3 aromatic carbocycles. The van der Waals surface area contributed by atoms with Crippen molar-refractivity contribution in [3.05, 3.63) is 112 Å². The summed E-state index contributed by atoms with van der Waals surface area (Å²) in [5.74, 6) is -0.949. The monoisotopic (exact) mass is 538 g/mol. The molecule has 1 amide bonds. The zero-order valence-corrected chi connectivity index (χ0v) is 23.0. The Labute approximate surface area is 232 Å². The van der Waals surface area contributed by atoms with Crippen LogP contribution < -0.4 is 9.64 Å². The maximum atomic E-state index is 14.1. The first-order valence-corrected chi connectivity index (χ1v) is 13.9. The second-order valence-electron chi connectivity index (χ2n) is 9.41. The van der Waals surface area contributed by atoms with Gasteiger partial charge >= 0.3 is 0 Å². The molecule has 0 saturated carbocycles. The smallest absolute Gasteiger partial charge is 0.294 e. The Bertz CT molecular complexity index is 1540. The van der Waals surface area contributed by atoms with Crippen LogP contribution in [-0.4, -0.2) is 28.4 Å². The fraction of sp³-hybridized carbons (Fsp3) is 0.219. The molecule has 1 atom stereocenters. The summed E-state index contributed by atoms with van der Waals surface area (Å²) in [6.07, 6.45) is 1.71. The van der Waals surface area contributed by atoms with Gasteiger partial charge in [-0.15, -0.1) is 11.3 Å². The molecule has 0 fully saturated rings. The summed E-state index contributed by atoms with van der Waals surface area (Å²) in [5.41, 5.74) is 3.93. The Kier molecular flexibility index (Phi) is 7.61. The van der Waals surface area contributed by atoms with Crippen molar-refractivity contribution in [2.24, 2.45) is 0 Å². The third-order valence-corrected chi connectivity index (χ3v) is 7.95. The van der Waals surface area contributed by atoms with Crippen molar-refractivity contribution >= 4 is 28.7 Å². The number of aryl methyl sites for hydroxylation is 2. The predicted molar refractivity (Wildman–Crippen MR) is 155 cm³/mol. The second-order valence-corrected chi connectivity index (χ2v) is 10.4. The van der Waals surface area contributed by atoms with E-state index in [1.165, 1.54) is 16.2 Å². The highest BCUT2D eigenvalue weighted by Gasteiger charge is 2.45. The van der Waals surface area contributed by atoms with Crippen LogP contribution in [0.15, 0.2) is 90.2 Å². The van der Waals surface area contributed by atoms with Crippen LogP contribution in [0.5, 0.6) is 5.75 Å². The van der Waals surface area contributed by atoms with E-state index in [1.54, 1.807) is 25.1 Å². The third kappa shape index (κ3) is 5.10. The quantitative estimate of drug-likeness (QED) is 0.227. The number of ketones is 1. The first-order valence-electron chi connectivity index (χ1n) is 13.1. The average molecular weight is 539 g/mol. The van der Waals surface area contributed by atoms with E-state index in [1.807, 2.05) is 67.6 Å². The maximum absolute atomic E-state index is 14.1. The van der Waals surface area contributed by atoms with Gasteiger partial charge in [-0.1, -0.05) is 74.5 Å². The molecule has 6 nitrogen and oxygen atoms in total. The number of Topliss-reactive ketones (excluding diaryl/α,β-unsaturated/α-hetero) is 1. The van der Waals surface area contributed by atoms with Gasteiger partial charge in [-0.3, -0.25) is 14.5 Å². The molecule has 1 unspecified atom stereocenters. The molecule has 1 N–H and O–H groups in total. The summed E-state index contributed by atoms with van der Waals surface area (Å²) in [6, 6.07) is 23.8. The van der Waals surface area contributed by atoms with E-state index < -0.39 is 23.5 Å². The number of amides is 1. The fourth-order valence-electron chi connectivity index (χ4n) is 4.73. The first-order chi connectivity index (χ1) is 18.9. The Morgan fingerprint density at radius 1 is 1.03 bits per heavy atom. The molecule has 0 saturated heterocycles. The summed E-state index contributed by atoms with van der Waals surface area (Å²) in [5, 5.41) is 11.9. The number of aliphatic hydroxyl groups is 1. The molecule has 2 heterocycles. The van der Waals surface area contributed by atoms with Crippen molar-refractivity contribution in [3.8, 4) is 16.3 Å². The van der Waals surface area contributed by atoms with Crippen LogP contribution in [0, 0.1) is 6.92 Å². The third-order valence-electron chi connectivity index (χ3n) is 6.75. The number of hydrogen-bond donors (Lipinski definition) is 1. The van der Waals surface area contributed by atoms with Gasteiger partial charge in [0.05, 0.1) is 28.8 Å². The minimum atomic E-state index is -0.806. The highest BCUT2D eigenvalue weighted by atomic mass is 32.1. The van der Waals surface area contributed by atoms with Crippen molar-refractivity contribution in [1.29, 1.82) is 0 Å². The number of nitrogens with zero attached hydrogens (tertiary/aromatic N) is 2. The highest BCUT2D eigenvalue weighted by molar-refractivity contribution is 7.17. The highest BCUT2D eigenvalue weighted by Crippen LogP contribution is 2.44. The van der Waals surface area contributed by atoms with Crippen molar-refractivity contribution < 1.29 is 19.4 Å². The normalized spacial score (nSPS) is 15.2. The average Bonchev–Trinajstić information content (AvgIpc) is 3.49. The number of ether oxygens (including phenoxy) is 1. The number of anilines is 1. The molecule has 0 radical (unpaired) electrons. The number of benzene rings is 3. The van der Waals surface area contributed by atoms with Crippen LogP contribution in [0.3, 0.4) is 0 Å². The van der Waals surface area contributed by atoms with Gasteiger partial charge in [-0.25, -0.2) is 4.98 Å². The molecule has 39 heavy (non-hydrogen) atoms. The molecular weight excluding hydrogens is 508 g/mol. The molecule has 1 aliphatic rings. The largest absolute Gasteiger partial charge is 0.503 e. The molecule has 1 aromatic heterocycles. The van der Waals surface area contributed by atoms with Gasteiger partial charge in [0.2, 0.25) is 5.78 Å². The summed E-state index contributed by atoms with van der Waals surface area (Å²) >= 11 is 1.27. The molecule has 5 rings (SSSR count). The summed E-state index contributed by atoms with van der Waals surface area (Å²) < 4.78 is 5.81. The van der Waals surface area contributed by atoms with Gasteiger partial charge in [-0.05, 0) is 43.0 Å². The van der Waals surface area contributed by atoms with Gasteiger partial charge in [0.25, 0.3) is 5.91 Å². The lowest BCUT2D eigenvalue weighted by molar-refractivity contribution is -0.117. The minimum absolute atomic E-state index is 0.0514. The van der Waals surface area contributed by atoms with Crippen LogP contribution in [0.2, 0.25) is 0 Å². The van der Waals surface area contributed by atoms with Gasteiger partial charge in [0.1, 0.15) is 10.8 Å². The van der Waals surface area contributed by atoms with Crippen molar-refractivity contribution in [2.75, 3.05) is 11.5 Å².